The maximum absolute atomic E-state index is 13.0. The molecular formula is C28H30N2O3S2. The normalized spacial score (nSPS) is 11.9. The van der Waals surface area contributed by atoms with Crippen molar-refractivity contribution in [2.24, 2.45) is 0 Å². The Balaban J connectivity index is 1.96. The van der Waals surface area contributed by atoms with Gasteiger partial charge < -0.3 is 10.6 Å². The average Bonchev–Trinajstić information content (AvgIpc) is 2.88. The Morgan fingerprint density at radius 2 is 1.23 bits per heavy atom. The van der Waals surface area contributed by atoms with Crippen molar-refractivity contribution < 1.29 is 14.4 Å². The first-order chi connectivity index (χ1) is 16.9. The molecule has 0 aliphatic heterocycles. The van der Waals surface area contributed by atoms with Gasteiger partial charge in [-0.3, -0.25) is 14.4 Å². The van der Waals surface area contributed by atoms with E-state index in [2.05, 4.69) is 47.0 Å². The summed E-state index contributed by atoms with van der Waals surface area (Å²) in [6.07, 6.45) is 0. The molecule has 3 aromatic carbocycles. The van der Waals surface area contributed by atoms with Crippen molar-refractivity contribution in [3.05, 3.63) is 108 Å². The summed E-state index contributed by atoms with van der Waals surface area (Å²) in [5, 5.41) is 5.68. The fourth-order valence-corrected chi connectivity index (χ4v) is 5.95. The Bertz CT molecular complexity index is 1010. The van der Waals surface area contributed by atoms with Crippen LogP contribution in [-0.2, 0) is 19.1 Å². The third kappa shape index (κ3) is 7.23. The Morgan fingerprint density at radius 3 is 1.63 bits per heavy atom. The lowest BCUT2D eigenvalue weighted by molar-refractivity contribution is -0.127. The summed E-state index contributed by atoms with van der Waals surface area (Å²) >= 11 is 2.78. The fourth-order valence-electron chi connectivity index (χ4n) is 3.90. The number of carbonyl (C=O) groups is 3. The van der Waals surface area contributed by atoms with Crippen LogP contribution in [0, 0.1) is 0 Å². The second-order valence-electron chi connectivity index (χ2n) is 7.97. The van der Waals surface area contributed by atoms with E-state index >= 15 is 0 Å². The van der Waals surface area contributed by atoms with Crippen molar-refractivity contribution in [1.29, 1.82) is 0 Å². The molecule has 0 aliphatic rings. The zero-order valence-corrected chi connectivity index (χ0v) is 21.5. The number of carbonyl (C=O) groups excluding carboxylic acids is 3. The summed E-state index contributed by atoms with van der Waals surface area (Å²) in [6.45, 7) is 3.26. The molecule has 2 amide bonds. The molecule has 0 saturated heterocycles. The predicted molar refractivity (Wildman–Crippen MR) is 145 cm³/mol. The van der Waals surface area contributed by atoms with Gasteiger partial charge in [0.1, 0.15) is 6.04 Å². The van der Waals surface area contributed by atoms with Crippen LogP contribution in [0.15, 0.2) is 91.0 Å². The Morgan fingerprint density at radius 1 is 0.771 bits per heavy atom. The van der Waals surface area contributed by atoms with Crippen LogP contribution in [0.4, 0.5) is 0 Å². The third-order valence-corrected chi connectivity index (χ3v) is 7.86. The van der Waals surface area contributed by atoms with Crippen LogP contribution in [0.1, 0.15) is 30.5 Å². The van der Waals surface area contributed by atoms with Gasteiger partial charge in [0, 0.05) is 31.9 Å². The highest BCUT2D eigenvalue weighted by atomic mass is 32.2. The van der Waals surface area contributed by atoms with Crippen LogP contribution >= 0.6 is 23.5 Å². The molecule has 0 saturated carbocycles. The van der Waals surface area contributed by atoms with E-state index in [1.807, 2.05) is 54.6 Å². The number of nitrogens with one attached hydrogen (secondary N) is 2. The Hall–Kier alpha value is -3.03. The second-order valence-corrected chi connectivity index (χ2v) is 10.5. The number of thioether (sulfide) groups is 2. The molecule has 0 aromatic heterocycles. The summed E-state index contributed by atoms with van der Waals surface area (Å²) < 4.78 is -0.592. The molecule has 0 fully saturated rings. The standard InChI is InChI=1S/C28H30N2O3S2/c1-21(31)30-26(27(33)29-18-19-34-22(2)32)20-35-28(23-12-6-3-7-13-23,24-14-8-4-9-15-24)25-16-10-5-11-17-25/h3-17,26H,18-20H2,1-2H3,(H,29,33)(H,30,31)/t26-/m0/s1. The number of amides is 2. The first-order valence-corrected chi connectivity index (χ1v) is 13.4. The first-order valence-electron chi connectivity index (χ1n) is 11.4. The largest absolute Gasteiger partial charge is 0.353 e. The fraction of sp³-hybridized carbons (Fsp3) is 0.250. The molecule has 5 nitrogen and oxygen atoms in total. The number of benzene rings is 3. The van der Waals surface area contributed by atoms with Crippen molar-refractivity contribution in [3.8, 4) is 0 Å². The second kappa shape index (κ2) is 13.2. The van der Waals surface area contributed by atoms with Gasteiger partial charge in [0.05, 0.1) is 4.75 Å². The summed E-state index contributed by atoms with van der Waals surface area (Å²) in [5.74, 6) is 0.306. The molecule has 35 heavy (non-hydrogen) atoms. The molecule has 0 bridgehead atoms. The predicted octanol–water partition coefficient (Wildman–Crippen LogP) is 4.61. The van der Waals surface area contributed by atoms with Gasteiger partial charge in [-0.1, -0.05) is 103 Å². The average molecular weight is 507 g/mol. The van der Waals surface area contributed by atoms with Crippen LogP contribution < -0.4 is 10.6 Å². The maximum atomic E-state index is 13.0. The van der Waals surface area contributed by atoms with Crippen LogP contribution in [0.5, 0.6) is 0 Å². The molecule has 7 heteroatoms. The zero-order valence-electron chi connectivity index (χ0n) is 19.9. The number of rotatable bonds is 11. The minimum Gasteiger partial charge on any atom is -0.353 e. The Kier molecular flexibility index (Phi) is 9.99. The maximum Gasteiger partial charge on any atom is 0.243 e. The molecule has 0 heterocycles. The number of hydrogen-bond donors (Lipinski definition) is 2. The highest BCUT2D eigenvalue weighted by molar-refractivity contribution is 8.13. The van der Waals surface area contributed by atoms with E-state index in [-0.39, 0.29) is 16.9 Å². The molecule has 0 radical (unpaired) electrons. The minimum atomic E-state index is -0.727. The van der Waals surface area contributed by atoms with E-state index in [1.165, 1.54) is 13.8 Å². The molecule has 0 unspecified atom stereocenters. The zero-order chi connectivity index (χ0) is 25.1. The van der Waals surface area contributed by atoms with Gasteiger partial charge in [-0.15, -0.1) is 11.8 Å². The van der Waals surface area contributed by atoms with E-state index in [0.29, 0.717) is 18.1 Å². The van der Waals surface area contributed by atoms with E-state index < -0.39 is 10.8 Å². The van der Waals surface area contributed by atoms with Crippen molar-refractivity contribution in [3.63, 3.8) is 0 Å². The SMILES string of the molecule is CC(=O)N[C@@H](CSC(c1ccccc1)(c1ccccc1)c1ccccc1)C(=O)NCCSC(C)=O. The molecule has 3 rings (SSSR count). The third-order valence-electron chi connectivity index (χ3n) is 5.41. The summed E-state index contributed by atoms with van der Waals surface area (Å²) in [6, 6.07) is 29.9. The molecule has 2 N–H and O–H groups in total. The van der Waals surface area contributed by atoms with E-state index in [4.69, 9.17) is 0 Å². The van der Waals surface area contributed by atoms with E-state index in [9.17, 15) is 14.4 Å². The lowest BCUT2D eigenvalue weighted by Gasteiger charge is -2.36. The van der Waals surface area contributed by atoms with Crippen molar-refractivity contribution in [2.45, 2.75) is 24.6 Å². The Labute approximate surface area is 215 Å². The quantitative estimate of drug-likeness (QED) is 0.293. The van der Waals surface area contributed by atoms with E-state index in [0.717, 1.165) is 28.5 Å². The highest BCUT2D eigenvalue weighted by Crippen LogP contribution is 2.48. The van der Waals surface area contributed by atoms with Crippen molar-refractivity contribution in [2.75, 3.05) is 18.1 Å². The van der Waals surface area contributed by atoms with Crippen LogP contribution in [0.25, 0.3) is 0 Å². The van der Waals surface area contributed by atoms with E-state index in [1.54, 1.807) is 11.8 Å². The summed E-state index contributed by atoms with van der Waals surface area (Å²) in [5.41, 5.74) is 3.26. The first kappa shape index (κ1) is 26.6. The summed E-state index contributed by atoms with van der Waals surface area (Å²) in [7, 11) is 0. The summed E-state index contributed by atoms with van der Waals surface area (Å²) in [4.78, 5) is 36.2. The lowest BCUT2D eigenvalue weighted by Crippen LogP contribution is -2.48. The minimum absolute atomic E-state index is 0.00609. The smallest absolute Gasteiger partial charge is 0.243 e. The monoisotopic (exact) mass is 506 g/mol. The molecule has 0 spiro atoms. The molecule has 0 aliphatic carbocycles. The van der Waals surface area contributed by atoms with Gasteiger partial charge in [0.15, 0.2) is 5.12 Å². The van der Waals surface area contributed by atoms with Crippen molar-refractivity contribution >= 4 is 40.5 Å². The van der Waals surface area contributed by atoms with Gasteiger partial charge in [0.2, 0.25) is 11.8 Å². The molecular weight excluding hydrogens is 476 g/mol. The van der Waals surface area contributed by atoms with Gasteiger partial charge >= 0.3 is 0 Å². The molecule has 182 valence electrons. The molecule has 3 aromatic rings. The van der Waals surface area contributed by atoms with Gasteiger partial charge in [-0.2, -0.15) is 0 Å². The van der Waals surface area contributed by atoms with Crippen LogP contribution in [-0.4, -0.2) is 41.0 Å². The van der Waals surface area contributed by atoms with Crippen LogP contribution in [0.2, 0.25) is 0 Å². The van der Waals surface area contributed by atoms with Crippen molar-refractivity contribution in [1.82, 2.24) is 10.6 Å². The molecule has 1 atom stereocenters. The van der Waals surface area contributed by atoms with Gasteiger partial charge in [0.25, 0.3) is 0 Å². The lowest BCUT2D eigenvalue weighted by atomic mass is 9.84. The van der Waals surface area contributed by atoms with Gasteiger partial charge in [-0.25, -0.2) is 0 Å². The topological polar surface area (TPSA) is 75.3 Å². The number of hydrogen-bond acceptors (Lipinski definition) is 5. The highest BCUT2D eigenvalue weighted by Gasteiger charge is 2.38. The van der Waals surface area contributed by atoms with Gasteiger partial charge in [-0.05, 0) is 16.7 Å². The van der Waals surface area contributed by atoms with Crippen LogP contribution in [0.3, 0.4) is 0 Å².